The van der Waals surface area contributed by atoms with Crippen LogP contribution in [0, 0.1) is 0 Å². The van der Waals surface area contributed by atoms with E-state index in [0.717, 1.165) is 9.80 Å². The molecule has 0 fully saturated rings. The van der Waals surface area contributed by atoms with E-state index in [1.807, 2.05) is 0 Å². The maximum absolute atomic E-state index is 10.5. The first-order valence-electron chi connectivity index (χ1n) is 33.4. The van der Waals surface area contributed by atoms with E-state index < -0.39 is 282 Å². The molecule has 0 aliphatic carbocycles. The number of rotatable bonds is 4. The van der Waals surface area contributed by atoms with E-state index in [0.29, 0.717) is 0 Å². The molecule has 0 amide bonds. The van der Waals surface area contributed by atoms with Crippen molar-refractivity contribution < 1.29 is 44.2 Å². The summed E-state index contributed by atoms with van der Waals surface area (Å²) in [6.45, 7) is 7.52. The van der Waals surface area contributed by atoms with Crippen LogP contribution in [0.25, 0.3) is 44.2 Å². The summed E-state index contributed by atoms with van der Waals surface area (Å²) < 4.78 is 278. The van der Waals surface area contributed by atoms with Gasteiger partial charge in [-0.3, -0.25) is 0 Å². The highest BCUT2D eigenvalue weighted by Gasteiger charge is 2.44. The summed E-state index contributed by atoms with van der Waals surface area (Å²) in [6.07, 6.45) is 0. The third-order valence-corrected chi connectivity index (χ3v) is 10.4. The minimum atomic E-state index is -1.99. The van der Waals surface area contributed by atoms with Gasteiger partial charge in [0.25, 0.3) is 6.71 Å². The normalized spacial score (nSPS) is 20.2. The molecule has 0 bridgehead atoms. The van der Waals surface area contributed by atoms with Crippen LogP contribution >= 0.6 is 0 Å². The van der Waals surface area contributed by atoms with Crippen molar-refractivity contribution in [3.8, 4) is 22.3 Å². The Morgan fingerprint density at radius 1 is 0.450 bits per heavy atom. The van der Waals surface area contributed by atoms with Gasteiger partial charge in [0.1, 0.15) is 11.2 Å². The molecular weight excluding hydrogens is 727 g/mol. The molecule has 9 aromatic rings. The average molecular weight is 804 g/mol. The summed E-state index contributed by atoms with van der Waals surface area (Å²) >= 11 is 0. The van der Waals surface area contributed by atoms with E-state index in [2.05, 4.69) is 0 Å². The Morgan fingerprint density at radius 2 is 1.05 bits per heavy atom. The molecule has 3 nitrogen and oxygen atoms in total. The van der Waals surface area contributed by atoms with Gasteiger partial charge in [-0.05, 0) is 109 Å². The number of nitrogens with zero attached hydrogens (tertiary/aromatic N) is 2. The van der Waals surface area contributed by atoms with Gasteiger partial charge in [-0.2, -0.15) is 0 Å². The van der Waals surface area contributed by atoms with Crippen LogP contribution in [0.5, 0.6) is 0 Å². The summed E-state index contributed by atoms with van der Waals surface area (Å²) in [5.74, 6) is 0. The fourth-order valence-electron chi connectivity index (χ4n) is 7.49. The van der Waals surface area contributed by atoms with E-state index in [4.69, 9.17) is 23.6 Å². The first-order valence-corrected chi connectivity index (χ1v) is 18.9. The quantitative estimate of drug-likeness (QED) is 0.165. The lowest BCUT2D eigenvalue weighted by molar-refractivity contribution is 0.590. The molecule has 0 spiro atoms. The second-order valence-corrected chi connectivity index (χ2v) is 16.3. The van der Waals surface area contributed by atoms with Gasteiger partial charge in [-0.25, -0.2) is 0 Å². The molecule has 290 valence electrons. The van der Waals surface area contributed by atoms with Crippen molar-refractivity contribution in [2.45, 2.75) is 52.4 Å². The molecule has 4 heteroatoms. The molecule has 0 radical (unpaired) electrons. The molecule has 2 aliphatic rings. The maximum Gasteiger partial charge on any atom is 0.252 e. The highest BCUT2D eigenvalue weighted by molar-refractivity contribution is 7.00. The standard InChI is InChI=1S/C56H47BN2O/c1-55(2,3)39-27-30-46-49(33-39)59(42-28-24-37(25-29-42)43-21-15-22-45-44-20-13-14-23-52(44)60-54(43)45)51-35-40(56(4,5)6)34-50-53(51)57(46)47-32-38(36-16-9-7-10-17-36)26-31-48(47)58(50)41-18-11-8-12-19-41/h7-35H,1-6H3/i7D,8D,9D,10D,11D,12D,13D,14D,15D,16D,17D,18D,19D,20D,21D,22D,23D,24D,25D,26D,27D,28D,29D,30D,31D,32D,33D,34D,35D. The van der Waals surface area contributed by atoms with Crippen LogP contribution in [0.1, 0.15) is 92.4 Å². The number of benzene rings is 8. The molecule has 0 atom stereocenters. The third-order valence-electron chi connectivity index (χ3n) is 10.4. The van der Waals surface area contributed by atoms with E-state index in [1.165, 1.54) is 0 Å². The van der Waals surface area contributed by atoms with E-state index in [9.17, 15) is 20.6 Å². The lowest BCUT2D eigenvalue weighted by Gasteiger charge is -2.45. The molecule has 0 unspecified atom stereocenters. The predicted octanol–water partition coefficient (Wildman–Crippen LogP) is 13.6. The zero-order chi connectivity index (χ0) is 66.2. The molecule has 0 saturated carbocycles. The molecule has 8 aromatic carbocycles. The second kappa shape index (κ2) is 13.4. The van der Waals surface area contributed by atoms with Crippen LogP contribution in [0.15, 0.2) is 180 Å². The summed E-state index contributed by atoms with van der Waals surface area (Å²) in [4.78, 5) is 1.77. The summed E-state index contributed by atoms with van der Waals surface area (Å²) in [6, 6.07) is -25.2. The number of hydrogen-bond acceptors (Lipinski definition) is 3. The van der Waals surface area contributed by atoms with Crippen molar-refractivity contribution in [1.82, 2.24) is 0 Å². The first-order chi connectivity index (χ1) is 41.1. The van der Waals surface area contributed by atoms with Gasteiger partial charge in [-0.1, -0.05) is 162 Å². The van der Waals surface area contributed by atoms with Gasteiger partial charge >= 0.3 is 0 Å². The predicted molar refractivity (Wildman–Crippen MR) is 256 cm³/mol. The highest BCUT2D eigenvalue weighted by Crippen LogP contribution is 2.47. The fraction of sp³-hybridized carbons (Fsp3) is 0.143. The molecule has 0 N–H and O–H groups in total. The van der Waals surface area contributed by atoms with Gasteiger partial charge in [0, 0.05) is 50.5 Å². The van der Waals surface area contributed by atoms with Crippen molar-refractivity contribution in [3.05, 3.63) is 186 Å². The van der Waals surface area contributed by atoms with Gasteiger partial charge in [0.2, 0.25) is 0 Å². The van der Waals surface area contributed by atoms with Crippen molar-refractivity contribution in [1.29, 1.82) is 0 Å². The van der Waals surface area contributed by atoms with Crippen molar-refractivity contribution in [2.75, 3.05) is 9.80 Å². The number of furan rings is 1. The molecule has 1 aromatic heterocycles. The second-order valence-electron chi connectivity index (χ2n) is 16.3. The number of anilines is 6. The van der Waals surface area contributed by atoms with Crippen LogP contribution in [0.3, 0.4) is 0 Å². The Balaban J connectivity index is 1.41. The topological polar surface area (TPSA) is 19.6 Å². The highest BCUT2D eigenvalue weighted by atomic mass is 16.3. The van der Waals surface area contributed by atoms with E-state index in [-0.39, 0.29) is 16.5 Å². The SMILES string of the molecule is [2H]c1c([2H])c([2H])c(-c2c([2H])c([2H])c3c(c2[2H])B2c4c([2H])c([2H])c(C(C)(C)C)c([2H])c4N(c4c([2H])c([2H])c(-c5c([2H])c([2H])c([2H])c6c5oc5c([2H])c([2H])c([2H])c([2H])c56)c([2H])c4[2H])c4c([2H])c(C(C)(C)C)c([2H])c(c42)N3c2c([2H])c([2H])c([2H])c([2H])c2[2H])c([2H])c1[2H]. The smallest absolute Gasteiger partial charge is 0.252 e. The molecule has 60 heavy (non-hydrogen) atoms. The molecule has 2 aliphatic heterocycles. The van der Waals surface area contributed by atoms with Crippen molar-refractivity contribution >= 4 is 79.2 Å². The van der Waals surface area contributed by atoms with Gasteiger partial charge < -0.3 is 14.2 Å². The zero-order valence-corrected chi connectivity index (χ0v) is 32.9. The Hall–Kier alpha value is -6.78. The lowest BCUT2D eigenvalue weighted by Crippen LogP contribution is -2.61. The Labute approximate surface area is 394 Å². The average Bonchev–Trinajstić information content (AvgIpc) is 0.734. The monoisotopic (exact) mass is 804 g/mol. The van der Waals surface area contributed by atoms with E-state index >= 15 is 0 Å². The number of fused-ring (bicyclic) bond motifs is 7. The molecular formula is C56H47BN2O. The van der Waals surface area contributed by atoms with Crippen molar-refractivity contribution in [2.24, 2.45) is 0 Å². The third kappa shape index (κ3) is 5.73. The summed E-state index contributed by atoms with van der Waals surface area (Å²) in [7, 11) is 0. The van der Waals surface area contributed by atoms with Gasteiger partial charge in [-0.15, -0.1) is 0 Å². The molecule has 3 heterocycles. The van der Waals surface area contributed by atoms with Crippen LogP contribution in [-0.4, -0.2) is 6.71 Å². The minimum Gasteiger partial charge on any atom is -0.455 e. The van der Waals surface area contributed by atoms with Crippen molar-refractivity contribution in [3.63, 3.8) is 0 Å². The lowest BCUT2D eigenvalue weighted by atomic mass is 9.33. The van der Waals surface area contributed by atoms with Crippen LogP contribution < -0.4 is 26.2 Å². The van der Waals surface area contributed by atoms with Gasteiger partial charge in [0.05, 0.1) is 39.8 Å². The molecule has 0 saturated heterocycles. The van der Waals surface area contributed by atoms with E-state index in [1.54, 1.807) is 41.5 Å². The maximum atomic E-state index is 10.5. The van der Waals surface area contributed by atoms with Gasteiger partial charge in [0.15, 0.2) is 0 Å². The number of para-hydroxylation sites is 3. The fourth-order valence-corrected chi connectivity index (χ4v) is 7.49. The number of hydrogen-bond donors (Lipinski definition) is 0. The summed E-state index contributed by atoms with van der Waals surface area (Å²) in [5.41, 5.74) is -12.7. The minimum absolute atomic E-state index is 0.175. The van der Waals surface area contributed by atoms with Crippen LogP contribution in [0.2, 0.25) is 0 Å². The molecule has 11 rings (SSSR count). The first kappa shape index (κ1) is 17.1. The summed E-state index contributed by atoms with van der Waals surface area (Å²) in [5, 5.41) is -0.818. The largest absolute Gasteiger partial charge is 0.455 e. The zero-order valence-electron chi connectivity index (χ0n) is 61.9. The Bertz CT molecular complexity index is 4750. The Morgan fingerprint density at radius 3 is 1.77 bits per heavy atom. The Kier molecular flexibility index (Phi) is 3.80. The van der Waals surface area contributed by atoms with Crippen LogP contribution in [-0.2, 0) is 10.8 Å². The van der Waals surface area contributed by atoms with Crippen LogP contribution in [0.4, 0.5) is 34.1 Å².